The number of anilines is 2. The molecule has 0 radical (unpaired) electrons. The molecule has 111 heavy (non-hydrogen) atoms. The van der Waals surface area contributed by atoms with Gasteiger partial charge in [0, 0.05) is 61.5 Å². The number of nitrogens with one attached hydrogen (secondary N) is 2. The number of benzene rings is 10. The highest BCUT2D eigenvalue weighted by Crippen LogP contribution is 2.45. The average molecular weight is 1510 g/mol. The fourth-order valence-corrected chi connectivity index (χ4v) is 12.5. The topological polar surface area (TPSA) is 394 Å². The van der Waals surface area contributed by atoms with Crippen LogP contribution in [0.25, 0.3) is 38.1 Å². The Morgan fingerprint density at radius 2 is 0.937 bits per heavy atom. The molecule has 0 unspecified atom stereocenters. The molecule has 0 aliphatic heterocycles. The van der Waals surface area contributed by atoms with Crippen LogP contribution in [0.5, 0.6) is 17.2 Å². The van der Waals surface area contributed by atoms with Crippen LogP contribution in [0.4, 0.5) is 44.3 Å². The summed E-state index contributed by atoms with van der Waals surface area (Å²) < 4.78 is 19.0. The summed E-state index contributed by atoms with van der Waals surface area (Å²) in [7, 11) is 2.47. The predicted octanol–water partition coefficient (Wildman–Crippen LogP) is 18.5. The molecule has 0 saturated heterocycles. The van der Waals surface area contributed by atoms with Crippen LogP contribution in [0.1, 0.15) is 119 Å². The lowest BCUT2D eigenvalue weighted by Gasteiger charge is -2.12. The Morgan fingerprint density at radius 3 is 1.50 bits per heavy atom. The third-order valence-electron chi connectivity index (χ3n) is 16.8. The number of ether oxygens (including phenoxy) is 2. The standard InChI is InChI=1S/C29H20N6O3S.C29H19N3O5S.C24H19N5O5/c1-17-24(16-30)29(39-35-17)34-33-25-22-13-12-18(27(37)31-20-8-4-2-5-9-20)14-19(22)15-23(26(25)36)28(38)32-21-10-6-3-7-11-21;1-37-29(36)23-16-30-38-28(23)32-31-24-21-13-12-19(25(33)17-8-4-2-5-9-17)14-20(21)15-22(27(24)35)26(34)18-10-6-3-7-11-18;1-13(30)15-7-8-17-16(10-15)11-18(14(2)31)22(32)21(17)27-28-23-19(24(33)34-3)12-26-29(23)20-6-4-5-9-25-20/h2-15,36H,1H3,(H,31,37)(H,32,38);2-16,35H,1H3;4-12,32H,1-3H3. The summed E-state index contributed by atoms with van der Waals surface area (Å²) in [5.74, 6) is -4.10. The minimum atomic E-state index is -0.686. The first-order valence-corrected chi connectivity index (χ1v) is 34.8. The van der Waals surface area contributed by atoms with E-state index in [1.54, 1.807) is 177 Å². The number of fused-ring (bicyclic) bond motifs is 3. The number of rotatable bonds is 19. The second-order valence-corrected chi connectivity index (χ2v) is 25.5. The largest absolute Gasteiger partial charge is 0.505 e. The Labute approximate surface area is 638 Å². The molecular formula is C82H58N14O13S2. The maximum Gasteiger partial charge on any atom is 0.343 e. The molecule has 0 atom stereocenters. The first-order chi connectivity index (χ1) is 53.7. The number of hydrogen-bond donors (Lipinski definition) is 5. The third kappa shape index (κ3) is 16.8. The molecule has 14 aromatic rings. The van der Waals surface area contributed by atoms with Crippen LogP contribution in [0.15, 0.2) is 262 Å². The molecule has 5 N–H and O–H groups in total. The van der Waals surface area contributed by atoms with Crippen molar-refractivity contribution < 1.29 is 63.1 Å². The van der Waals surface area contributed by atoms with Gasteiger partial charge in [0.1, 0.15) is 39.8 Å². The van der Waals surface area contributed by atoms with Gasteiger partial charge in [-0.3, -0.25) is 28.8 Å². The zero-order valence-corrected chi connectivity index (χ0v) is 60.7. The number of nitrogens with zero attached hydrogens (tertiary/aromatic N) is 12. The highest BCUT2D eigenvalue weighted by atomic mass is 32.1. The van der Waals surface area contributed by atoms with Crippen molar-refractivity contribution in [1.82, 2.24) is 23.5 Å². The van der Waals surface area contributed by atoms with Crippen LogP contribution >= 0.6 is 23.1 Å². The number of methoxy groups -OCH3 is 2. The van der Waals surface area contributed by atoms with E-state index in [1.165, 1.54) is 63.3 Å². The van der Waals surface area contributed by atoms with Crippen molar-refractivity contribution in [2.45, 2.75) is 20.8 Å². The number of aryl methyl sites for hydroxylation is 1. The van der Waals surface area contributed by atoms with Crippen molar-refractivity contribution in [2.24, 2.45) is 30.7 Å². The number of azo groups is 3. The van der Waals surface area contributed by atoms with Crippen molar-refractivity contribution in [3.8, 4) is 29.1 Å². The highest BCUT2D eigenvalue weighted by Gasteiger charge is 2.26. The summed E-state index contributed by atoms with van der Waals surface area (Å²) in [5, 5.41) is 80.8. The zero-order chi connectivity index (χ0) is 78.4. The van der Waals surface area contributed by atoms with Gasteiger partial charge in [-0.15, -0.1) is 30.7 Å². The number of pyridine rings is 1. The lowest BCUT2D eigenvalue weighted by molar-refractivity contribution is 0.0592. The van der Waals surface area contributed by atoms with Gasteiger partial charge in [-0.2, -0.15) is 23.8 Å². The first kappa shape index (κ1) is 75.5. The van der Waals surface area contributed by atoms with E-state index in [2.05, 4.69) is 66.2 Å². The third-order valence-corrected chi connectivity index (χ3v) is 18.4. The smallest absolute Gasteiger partial charge is 0.343 e. The zero-order valence-electron chi connectivity index (χ0n) is 59.0. The minimum absolute atomic E-state index is 0.000504. The van der Waals surface area contributed by atoms with Crippen LogP contribution < -0.4 is 10.6 Å². The Kier molecular flexibility index (Phi) is 23.1. The number of carbonyl (C=O) groups excluding carboxylic acids is 8. The average Bonchev–Trinajstić information content (AvgIpc) is 1.17. The van der Waals surface area contributed by atoms with Crippen molar-refractivity contribution in [3.63, 3.8) is 0 Å². The van der Waals surface area contributed by atoms with E-state index in [4.69, 9.17) is 9.47 Å². The Balaban J connectivity index is 0.000000155. The molecule has 0 spiro atoms. The van der Waals surface area contributed by atoms with Crippen molar-refractivity contribution in [3.05, 3.63) is 298 Å². The Morgan fingerprint density at radius 1 is 0.459 bits per heavy atom. The van der Waals surface area contributed by atoms with Crippen LogP contribution in [0, 0.1) is 18.3 Å². The number of esters is 2. The summed E-state index contributed by atoms with van der Waals surface area (Å²) in [6.07, 6.45) is 4.15. The number of phenolic OH excluding ortho intramolecular Hbond substituents is 3. The molecule has 0 fully saturated rings. The molecule has 0 saturated carbocycles. The number of carbonyl (C=O) groups is 8. The lowest BCUT2D eigenvalue weighted by Crippen LogP contribution is -2.13. The van der Waals surface area contributed by atoms with Crippen LogP contribution in [0.3, 0.4) is 0 Å². The number of para-hydroxylation sites is 2. The molecule has 4 aromatic heterocycles. The SMILES string of the molecule is COC(=O)c1cnn(-c2ccccn2)c1N=Nc1c(O)c(C(C)=O)cc2cc(C(C)=O)ccc12.COC(=O)c1cnsc1N=Nc1c(O)c(C(=O)c2ccccc2)cc2cc(C(=O)c3ccccc3)ccc12.Cc1nsc(N=Nc2c(O)c(C(=O)Nc3ccccc3)cc3cc(C(=O)Nc4ccccc4)ccc23)c1C#N. The lowest BCUT2D eigenvalue weighted by atomic mass is 9.94. The van der Waals surface area contributed by atoms with Gasteiger partial charge in [0.2, 0.25) is 0 Å². The van der Waals surface area contributed by atoms with Crippen molar-refractivity contribution >= 4 is 147 Å². The fourth-order valence-electron chi connectivity index (χ4n) is 11.2. The van der Waals surface area contributed by atoms with E-state index < -0.39 is 29.4 Å². The number of phenols is 3. The summed E-state index contributed by atoms with van der Waals surface area (Å²) in [6.45, 7) is 4.43. The van der Waals surface area contributed by atoms with Gasteiger partial charge in [-0.1, -0.05) is 133 Å². The Hall–Kier alpha value is -15.2. The van der Waals surface area contributed by atoms with Gasteiger partial charge >= 0.3 is 11.9 Å². The van der Waals surface area contributed by atoms with E-state index in [-0.39, 0.29) is 101 Å². The summed E-state index contributed by atoms with van der Waals surface area (Å²) >= 11 is 1.93. The molecular weight excluding hydrogens is 1450 g/mol. The molecule has 0 bridgehead atoms. The fraction of sp³-hybridized carbons (Fsp3) is 0.0610. The van der Waals surface area contributed by atoms with Gasteiger partial charge in [-0.25, -0.2) is 14.6 Å². The van der Waals surface area contributed by atoms with Crippen LogP contribution in [-0.4, -0.2) is 99.9 Å². The molecule has 0 aliphatic rings. The van der Waals surface area contributed by atoms with E-state index in [9.17, 15) is 58.9 Å². The van der Waals surface area contributed by atoms with E-state index in [0.717, 1.165) is 23.1 Å². The quantitative estimate of drug-likeness (QED) is 0.0285. The number of aromatic nitrogens is 5. The number of hydrogen-bond acceptors (Lipinski definition) is 26. The first-order valence-electron chi connectivity index (χ1n) is 33.3. The molecule has 29 heteroatoms. The second kappa shape index (κ2) is 34.0. The summed E-state index contributed by atoms with van der Waals surface area (Å²) in [4.78, 5) is 105. The molecule has 10 aromatic carbocycles. The molecule has 14 rings (SSSR count). The van der Waals surface area contributed by atoms with E-state index in [1.807, 2.05) is 30.3 Å². The highest BCUT2D eigenvalue weighted by molar-refractivity contribution is 7.10. The number of nitriles is 1. The maximum atomic E-state index is 13.4. The predicted molar refractivity (Wildman–Crippen MR) is 416 cm³/mol. The number of ketones is 4. The van der Waals surface area contributed by atoms with E-state index in [0.29, 0.717) is 83.0 Å². The minimum Gasteiger partial charge on any atom is -0.505 e. The molecule has 4 heterocycles. The number of Topliss-reactive ketones (excluding diaryl/α,β-unsaturated/α-hetero) is 2. The maximum absolute atomic E-state index is 13.4. The van der Waals surface area contributed by atoms with Crippen LogP contribution in [-0.2, 0) is 9.47 Å². The van der Waals surface area contributed by atoms with Gasteiger partial charge in [0.05, 0.1) is 49.0 Å². The number of amides is 2. The van der Waals surface area contributed by atoms with Gasteiger partial charge < -0.3 is 35.4 Å². The molecule has 546 valence electrons. The number of aromatic hydroxyl groups is 3. The molecule has 2 amide bonds. The monoisotopic (exact) mass is 1510 g/mol. The Bertz CT molecular complexity index is 6150. The van der Waals surface area contributed by atoms with Gasteiger partial charge in [0.15, 0.2) is 62.0 Å². The van der Waals surface area contributed by atoms with Crippen molar-refractivity contribution in [1.29, 1.82) is 5.26 Å². The molecule has 0 aliphatic carbocycles. The van der Waals surface area contributed by atoms with Crippen LogP contribution in [0.2, 0.25) is 0 Å². The van der Waals surface area contributed by atoms with E-state index >= 15 is 0 Å². The normalized spacial score (nSPS) is 11.0. The summed E-state index contributed by atoms with van der Waals surface area (Å²) in [5.41, 5.74) is 4.24. The van der Waals surface area contributed by atoms with Gasteiger partial charge in [0.25, 0.3) is 11.8 Å². The molecule has 27 nitrogen and oxygen atoms in total. The summed E-state index contributed by atoms with van der Waals surface area (Å²) in [6, 6.07) is 61.5. The van der Waals surface area contributed by atoms with Gasteiger partial charge in [-0.05, 0) is 139 Å². The second-order valence-electron chi connectivity index (χ2n) is 24.0. The van der Waals surface area contributed by atoms with Crippen molar-refractivity contribution in [2.75, 3.05) is 24.9 Å².